The lowest BCUT2D eigenvalue weighted by molar-refractivity contribution is 0.296. The highest BCUT2D eigenvalue weighted by Crippen LogP contribution is 2.30. The zero-order valence-corrected chi connectivity index (χ0v) is 13.5. The van der Waals surface area contributed by atoms with Crippen LogP contribution < -0.4 is 10.1 Å². The normalized spacial score (nSPS) is 14.4. The first-order chi connectivity index (χ1) is 10.2. The van der Waals surface area contributed by atoms with Gasteiger partial charge >= 0.3 is 0 Å². The molecule has 2 aromatic rings. The zero-order chi connectivity index (χ0) is 14.7. The molecule has 112 valence electrons. The van der Waals surface area contributed by atoms with Gasteiger partial charge in [-0.1, -0.05) is 12.1 Å². The van der Waals surface area contributed by atoms with Gasteiger partial charge in [-0.25, -0.2) is 4.98 Å². The lowest BCUT2D eigenvalue weighted by atomic mass is 10.1. The van der Waals surface area contributed by atoms with Crippen molar-refractivity contribution in [3.05, 3.63) is 45.4 Å². The van der Waals surface area contributed by atoms with Crippen molar-refractivity contribution in [1.29, 1.82) is 0 Å². The lowest BCUT2D eigenvalue weighted by Gasteiger charge is -2.13. The molecule has 1 fully saturated rings. The van der Waals surface area contributed by atoms with E-state index in [-0.39, 0.29) is 0 Å². The fraction of sp³-hybridized carbons (Fsp3) is 0.471. The summed E-state index contributed by atoms with van der Waals surface area (Å²) in [5.41, 5.74) is 5.52. The summed E-state index contributed by atoms with van der Waals surface area (Å²) in [5, 5.41) is 3.50. The summed E-state index contributed by atoms with van der Waals surface area (Å²) in [7, 11) is 0. The van der Waals surface area contributed by atoms with Crippen LogP contribution in [0.1, 0.15) is 34.5 Å². The number of hydrogen-bond donors (Lipinski definition) is 1. The van der Waals surface area contributed by atoms with Crippen molar-refractivity contribution in [3.8, 4) is 5.75 Å². The van der Waals surface area contributed by atoms with E-state index in [0.29, 0.717) is 0 Å². The molecule has 0 spiro atoms. The summed E-state index contributed by atoms with van der Waals surface area (Å²) in [4.78, 5) is 5.59. The van der Waals surface area contributed by atoms with Gasteiger partial charge in [0.05, 0.1) is 17.8 Å². The number of aromatic nitrogens is 1. The van der Waals surface area contributed by atoms with E-state index in [9.17, 15) is 0 Å². The topological polar surface area (TPSA) is 34.2 Å². The van der Waals surface area contributed by atoms with Crippen LogP contribution in [0.2, 0.25) is 0 Å². The molecule has 1 heterocycles. The number of ether oxygens (including phenoxy) is 1. The molecule has 1 N–H and O–H groups in total. The molecule has 0 atom stereocenters. The van der Waals surface area contributed by atoms with Crippen LogP contribution in [0.4, 0.5) is 0 Å². The van der Waals surface area contributed by atoms with E-state index in [0.717, 1.165) is 37.1 Å². The predicted octanol–water partition coefficient (Wildman–Crippen LogP) is 3.84. The summed E-state index contributed by atoms with van der Waals surface area (Å²) >= 11 is 1.71. The Balaban J connectivity index is 1.59. The number of aryl methyl sites for hydroxylation is 2. The molecule has 3 rings (SSSR count). The monoisotopic (exact) mass is 302 g/mol. The van der Waals surface area contributed by atoms with E-state index in [2.05, 4.69) is 42.3 Å². The summed E-state index contributed by atoms with van der Waals surface area (Å²) in [6.45, 7) is 6.74. The van der Waals surface area contributed by atoms with E-state index in [1.54, 1.807) is 11.3 Å². The molecule has 0 unspecified atom stereocenters. The molecule has 0 aliphatic heterocycles. The van der Waals surface area contributed by atoms with Gasteiger partial charge in [0.15, 0.2) is 0 Å². The largest absolute Gasteiger partial charge is 0.493 e. The van der Waals surface area contributed by atoms with Crippen LogP contribution in [0.25, 0.3) is 0 Å². The van der Waals surface area contributed by atoms with Gasteiger partial charge in [0.1, 0.15) is 5.75 Å². The molecule has 3 nitrogen and oxygen atoms in total. The van der Waals surface area contributed by atoms with E-state index < -0.39 is 0 Å². The van der Waals surface area contributed by atoms with Crippen molar-refractivity contribution in [1.82, 2.24) is 10.3 Å². The lowest BCUT2D eigenvalue weighted by Crippen LogP contribution is -2.14. The highest BCUT2D eigenvalue weighted by Gasteiger charge is 2.22. The van der Waals surface area contributed by atoms with Crippen molar-refractivity contribution in [2.45, 2.75) is 39.8 Å². The third-order valence-electron chi connectivity index (χ3n) is 3.84. The van der Waals surface area contributed by atoms with Crippen molar-refractivity contribution >= 4 is 11.3 Å². The van der Waals surface area contributed by atoms with Gasteiger partial charge in [-0.05, 0) is 44.2 Å². The van der Waals surface area contributed by atoms with Crippen molar-refractivity contribution < 1.29 is 4.74 Å². The van der Waals surface area contributed by atoms with Gasteiger partial charge in [0, 0.05) is 23.5 Å². The predicted molar refractivity (Wildman–Crippen MR) is 86.8 cm³/mol. The van der Waals surface area contributed by atoms with E-state index in [4.69, 9.17) is 4.74 Å². The zero-order valence-electron chi connectivity index (χ0n) is 12.7. The first-order valence-electron chi connectivity index (χ1n) is 7.54. The van der Waals surface area contributed by atoms with E-state index >= 15 is 0 Å². The van der Waals surface area contributed by atoms with Crippen LogP contribution in [0.15, 0.2) is 23.7 Å². The van der Waals surface area contributed by atoms with Crippen molar-refractivity contribution in [2.24, 2.45) is 5.92 Å². The second-order valence-corrected chi connectivity index (χ2v) is 6.77. The van der Waals surface area contributed by atoms with Gasteiger partial charge in [-0.15, -0.1) is 11.3 Å². The maximum absolute atomic E-state index is 6.00. The van der Waals surface area contributed by atoms with E-state index in [1.807, 2.05) is 5.51 Å². The average molecular weight is 302 g/mol. The highest BCUT2D eigenvalue weighted by molar-refractivity contribution is 7.09. The molecule has 1 aliphatic carbocycles. The number of thiazole rings is 1. The Morgan fingerprint density at radius 2 is 2.14 bits per heavy atom. The SMILES string of the molecule is Cc1ccc(CNCc2scnc2C)c(OCC2CC2)c1. The Hall–Kier alpha value is -1.39. The number of nitrogens with one attached hydrogen (secondary N) is 1. The molecule has 1 saturated carbocycles. The van der Waals surface area contributed by atoms with Crippen molar-refractivity contribution in [2.75, 3.05) is 6.61 Å². The summed E-state index contributed by atoms with van der Waals surface area (Å²) in [5.74, 6) is 1.82. The van der Waals surface area contributed by atoms with Crippen LogP contribution in [-0.4, -0.2) is 11.6 Å². The highest BCUT2D eigenvalue weighted by atomic mass is 32.1. The fourth-order valence-electron chi connectivity index (χ4n) is 2.24. The third kappa shape index (κ3) is 4.05. The Morgan fingerprint density at radius 1 is 1.29 bits per heavy atom. The van der Waals surface area contributed by atoms with Crippen LogP contribution in [0.3, 0.4) is 0 Å². The number of nitrogens with zero attached hydrogens (tertiary/aromatic N) is 1. The summed E-state index contributed by atoms with van der Waals surface area (Å²) < 4.78 is 6.00. The number of benzene rings is 1. The molecular formula is C17H22N2OS. The molecular weight excluding hydrogens is 280 g/mol. The molecule has 0 amide bonds. The van der Waals surface area contributed by atoms with Gasteiger partial charge in [-0.3, -0.25) is 0 Å². The minimum atomic E-state index is 0.783. The Labute approximate surface area is 130 Å². The van der Waals surface area contributed by atoms with E-state index in [1.165, 1.54) is 28.8 Å². The molecule has 0 radical (unpaired) electrons. The van der Waals surface area contributed by atoms with Crippen LogP contribution >= 0.6 is 11.3 Å². The minimum absolute atomic E-state index is 0.783. The van der Waals surface area contributed by atoms with Crippen LogP contribution in [-0.2, 0) is 13.1 Å². The summed E-state index contributed by atoms with van der Waals surface area (Å²) in [6, 6.07) is 6.47. The van der Waals surface area contributed by atoms with Gasteiger partial charge in [0.25, 0.3) is 0 Å². The Bertz CT molecular complexity index is 605. The molecule has 1 aromatic carbocycles. The molecule has 4 heteroatoms. The standard InChI is InChI=1S/C17H22N2OS/c1-12-3-6-15(16(7-12)20-10-14-4-5-14)8-18-9-17-13(2)19-11-21-17/h3,6-7,11,14,18H,4-5,8-10H2,1-2H3. The minimum Gasteiger partial charge on any atom is -0.493 e. The fourth-order valence-corrected chi connectivity index (χ4v) is 2.99. The molecule has 0 bridgehead atoms. The number of rotatable bonds is 7. The maximum Gasteiger partial charge on any atom is 0.124 e. The quantitative estimate of drug-likeness (QED) is 0.844. The maximum atomic E-state index is 6.00. The number of hydrogen-bond acceptors (Lipinski definition) is 4. The second-order valence-electron chi connectivity index (χ2n) is 5.83. The average Bonchev–Trinajstić information content (AvgIpc) is 3.21. The van der Waals surface area contributed by atoms with Gasteiger partial charge in [-0.2, -0.15) is 0 Å². The van der Waals surface area contributed by atoms with Gasteiger partial charge in [0.2, 0.25) is 0 Å². The smallest absolute Gasteiger partial charge is 0.124 e. The Morgan fingerprint density at radius 3 is 2.86 bits per heavy atom. The van der Waals surface area contributed by atoms with Crippen LogP contribution in [0, 0.1) is 19.8 Å². The first kappa shape index (κ1) is 14.5. The molecule has 0 saturated heterocycles. The molecule has 1 aliphatic rings. The first-order valence-corrected chi connectivity index (χ1v) is 8.42. The van der Waals surface area contributed by atoms with Crippen LogP contribution in [0.5, 0.6) is 5.75 Å². The second kappa shape index (κ2) is 6.58. The Kier molecular flexibility index (Phi) is 4.56. The summed E-state index contributed by atoms with van der Waals surface area (Å²) in [6.07, 6.45) is 2.65. The van der Waals surface area contributed by atoms with Gasteiger partial charge < -0.3 is 10.1 Å². The molecule has 1 aromatic heterocycles. The third-order valence-corrected chi connectivity index (χ3v) is 4.78. The van der Waals surface area contributed by atoms with Crippen molar-refractivity contribution in [3.63, 3.8) is 0 Å². The molecule has 21 heavy (non-hydrogen) atoms.